The van der Waals surface area contributed by atoms with Gasteiger partial charge in [-0.25, -0.2) is 13.6 Å². The van der Waals surface area contributed by atoms with Crippen LogP contribution in [0.4, 0.5) is 13.6 Å². The van der Waals surface area contributed by atoms with E-state index >= 15 is 0 Å². The van der Waals surface area contributed by atoms with Gasteiger partial charge in [-0.1, -0.05) is 0 Å². The molecule has 0 aliphatic rings. The molecule has 0 saturated carbocycles. The predicted octanol–water partition coefficient (Wildman–Crippen LogP) is 1.36. The second-order valence-electron chi connectivity index (χ2n) is 3.69. The molecule has 7 heteroatoms. The van der Waals surface area contributed by atoms with E-state index in [4.69, 9.17) is 9.84 Å². The molecule has 0 saturated heterocycles. The molecule has 0 aromatic heterocycles. The molecule has 0 bridgehead atoms. The summed E-state index contributed by atoms with van der Waals surface area (Å²) in [4.78, 5) is 10.3. The highest BCUT2D eigenvalue weighted by atomic mass is 19.1. The van der Waals surface area contributed by atoms with Crippen molar-refractivity contribution in [2.75, 3.05) is 6.61 Å². The summed E-state index contributed by atoms with van der Waals surface area (Å²) in [7, 11) is 0. The molecule has 1 amide bonds. The summed E-state index contributed by atoms with van der Waals surface area (Å²) in [5.41, 5.74) is 0. The Kier molecular flexibility index (Phi) is 4.85. The van der Waals surface area contributed by atoms with E-state index in [1.165, 1.54) is 6.92 Å². The maximum Gasteiger partial charge on any atom is 0.404 e. The van der Waals surface area contributed by atoms with Gasteiger partial charge in [0.25, 0.3) is 0 Å². The number of ether oxygens (including phenoxy) is 1. The maximum atomic E-state index is 13.2. The fraction of sp³-hybridized carbons (Fsp3) is 0.364. The summed E-state index contributed by atoms with van der Waals surface area (Å²) >= 11 is 0. The van der Waals surface area contributed by atoms with E-state index in [0.717, 1.165) is 12.1 Å². The Balaban J connectivity index is 2.51. The van der Waals surface area contributed by atoms with Crippen molar-refractivity contribution in [3.05, 3.63) is 29.8 Å². The van der Waals surface area contributed by atoms with Gasteiger partial charge in [0.2, 0.25) is 0 Å². The fourth-order valence-electron chi connectivity index (χ4n) is 1.20. The molecular weight excluding hydrogens is 248 g/mol. The normalized spacial score (nSPS) is 13.8. The second kappa shape index (κ2) is 6.15. The summed E-state index contributed by atoms with van der Waals surface area (Å²) in [6, 6.07) is 1.99. The first-order valence-electron chi connectivity index (χ1n) is 5.15. The molecule has 1 aromatic rings. The molecule has 0 heterocycles. The molecule has 0 aliphatic heterocycles. The van der Waals surface area contributed by atoms with Gasteiger partial charge in [0.05, 0.1) is 6.04 Å². The van der Waals surface area contributed by atoms with E-state index in [9.17, 15) is 18.7 Å². The number of hydrogen-bond acceptors (Lipinski definition) is 3. The number of nitrogens with one attached hydrogen (secondary N) is 1. The number of halogens is 2. The smallest absolute Gasteiger partial charge is 0.404 e. The number of hydrogen-bond donors (Lipinski definition) is 3. The van der Waals surface area contributed by atoms with Gasteiger partial charge in [0.1, 0.15) is 18.5 Å². The average Bonchev–Trinajstić information content (AvgIpc) is 2.26. The highest BCUT2D eigenvalue weighted by Crippen LogP contribution is 2.17. The van der Waals surface area contributed by atoms with Crippen LogP contribution in [0.5, 0.6) is 5.75 Å². The molecule has 0 fully saturated rings. The number of carbonyl (C=O) groups is 1. The Morgan fingerprint density at radius 1 is 1.50 bits per heavy atom. The zero-order valence-electron chi connectivity index (χ0n) is 9.56. The molecule has 3 N–H and O–H groups in total. The van der Waals surface area contributed by atoms with Crippen LogP contribution in [0, 0.1) is 11.6 Å². The lowest BCUT2D eigenvalue weighted by atomic mass is 10.2. The van der Waals surface area contributed by atoms with E-state index in [1.807, 2.05) is 5.32 Å². The number of aliphatic hydroxyl groups excluding tert-OH is 1. The van der Waals surface area contributed by atoms with Crippen molar-refractivity contribution in [2.24, 2.45) is 0 Å². The van der Waals surface area contributed by atoms with Crippen LogP contribution in [0.25, 0.3) is 0 Å². The number of aliphatic hydroxyl groups is 1. The number of rotatable bonds is 5. The molecule has 100 valence electrons. The topological polar surface area (TPSA) is 78.8 Å². The van der Waals surface area contributed by atoms with Gasteiger partial charge in [-0.2, -0.15) is 0 Å². The van der Waals surface area contributed by atoms with Crippen LogP contribution in [0.3, 0.4) is 0 Å². The lowest BCUT2D eigenvalue weighted by molar-refractivity contribution is 0.0756. The standard InChI is InChI=1S/C11H13F2NO4/c1-6(14-11(16)17)9(15)5-18-10-3-2-7(12)4-8(10)13/h2-4,6,9,14-15H,5H2,1H3,(H,16,17)/t6?,9-/m1/s1. The van der Waals surface area contributed by atoms with Crippen LogP contribution < -0.4 is 10.1 Å². The number of amides is 1. The lowest BCUT2D eigenvalue weighted by Crippen LogP contribution is -2.43. The highest BCUT2D eigenvalue weighted by Gasteiger charge is 2.17. The first kappa shape index (κ1) is 14.2. The zero-order valence-corrected chi connectivity index (χ0v) is 9.56. The minimum atomic E-state index is -1.28. The third-order valence-electron chi connectivity index (χ3n) is 2.23. The van der Waals surface area contributed by atoms with Gasteiger partial charge < -0.3 is 20.3 Å². The van der Waals surface area contributed by atoms with Gasteiger partial charge in [-0.3, -0.25) is 0 Å². The Labute approximate surface area is 102 Å². The number of carboxylic acid groups (broad SMARTS) is 1. The number of benzene rings is 1. The molecule has 0 radical (unpaired) electrons. The van der Waals surface area contributed by atoms with Crippen molar-refractivity contribution in [2.45, 2.75) is 19.1 Å². The van der Waals surface area contributed by atoms with Crippen molar-refractivity contribution >= 4 is 6.09 Å². The summed E-state index contributed by atoms with van der Waals surface area (Å²) in [5.74, 6) is -1.83. The van der Waals surface area contributed by atoms with E-state index < -0.39 is 29.9 Å². The average molecular weight is 261 g/mol. The van der Waals surface area contributed by atoms with Crippen molar-refractivity contribution in [3.63, 3.8) is 0 Å². The van der Waals surface area contributed by atoms with E-state index in [-0.39, 0.29) is 12.4 Å². The minimum absolute atomic E-state index is 0.210. The largest absolute Gasteiger partial charge is 0.488 e. The van der Waals surface area contributed by atoms with Crippen LogP contribution in [-0.2, 0) is 0 Å². The van der Waals surface area contributed by atoms with Crippen molar-refractivity contribution in [3.8, 4) is 5.75 Å². The maximum absolute atomic E-state index is 13.2. The molecule has 5 nitrogen and oxygen atoms in total. The molecule has 0 aliphatic carbocycles. The van der Waals surface area contributed by atoms with Crippen LogP contribution in [0.2, 0.25) is 0 Å². The van der Waals surface area contributed by atoms with Crippen LogP contribution in [-0.4, -0.2) is 35.1 Å². The Morgan fingerprint density at radius 2 is 2.17 bits per heavy atom. The molecule has 2 atom stereocenters. The summed E-state index contributed by atoms with van der Waals surface area (Å²) in [6.45, 7) is 1.12. The molecule has 1 unspecified atom stereocenters. The zero-order chi connectivity index (χ0) is 13.7. The Hall–Kier alpha value is -1.89. The second-order valence-corrected chi connectivity index (χ2v) is 3.69. The van der Waals surface area contributed by atoms with E-state index in [1.54, 1.807) is 0 Å². The lowest BCUT2D eigenvalue weighted by Gasteiger charge is -2.19. The van der Waals surface area contributed by atoms with Gasteiger partial charge in [-0.05, 0) is 19.1 Å². The van der Waals surface area contributed by atoms with Gasteiger partial charge in [0.15, 0.2) is 11.6 Å². The Morgan fingerprint density at radius 3 is 2.72 bits per heavy atom. The minimum Gasteiger partial charge on any atom is -0.488 e. The van der Waals surface area contributed by atoms with Gasteiger partial charge >= 0.3 is 6.09 Å². The molecule has 0 spiro atoms. The molecular formula is C11H13F2NO4. The summed E-state index contributed by atoms with van der Waals surface area (Å²) < 4.78 is 30.7. The third-order valence-corrected chi connectivity index (χ3v) is 2.23. The summed E-state index contributed by atoms with van der Waals surface area (Å²) in [6.07, 6.45) is -2.43. The Bertz CT molecular complexity index is 428. The van der Waals surface area contributed by atoms with Gasteiger partial charge in [0, 0.05) is 6.07 Å². The monoisotopic (exact) mass is 261 g/mol. The van der Waals surface area contributed by atoms with E-state index in [0.29, 0.717) is 6.07 Å². The van der Waals surface area contributed by atoms with Crippen LogP contribution >= 0.6 is 0 Å². The molecule has 18 heavy (non-hydrogen) atoms. The SMILES string of the molecule is CC(NC(=O)O)[C@H](O)COc1ccc(F)cc1F. The van der Waals surface area contributed by atoms with Crippen molar-refractivity contribution < 1.29 is 28.5 Å². The van der Waals surface area contributed by atoms with Crippen LogP contribution in [0.15, 0.2) is 18.2 Å². The van der Waals surface area contributed by atoms with E-state index in [2.05, 4.69) is 0 Å². The fourth-order valence-corrected chi connectivity index (χ4v) is 1.20. The third kappa shape index (κ3) is 4.17. The highest BCUT2D eigenvalue weighted by molar-refractivity contribution is 5.64. The van der Waals surface area contributed by atoms with Crippen molar-refractivity contribution in [1.82, 2.24) is 5.32 Å². The first-order chi connectivity index (χ1) is 8.40. The van der Waals surface area contributed by atoms with Crippen LogP contribution in [0.1, 0.15) is 6.92 Å². The van der Waals surface area contributed by atoms with Gasteiger partial charge in [-0.15, -0.1) is 0 Å². The molecule has 1 rings (SSSR count). The van der Waals surface area contributed by atoms with Crippen molar-refractivity contribution in [1.29, 1.82) is 0 Å². The predicted molar refractivity (Wildman–Crippen MR) is 58.5 cm³/mol. The summed E-state index contributed by atoms with van der Waals surface area (Å²) in [5, 5.41) is 20.0. The first-order valence-corrected chi connectivity index (χ1v) is 5.15. The quantitative estimate of drug-likeness (QED) is 0.747. The molecule has 1 aromatic carbocycles.